The van der Waals surface area contributed by atoms with Gasteiger partial charge in [0.15, 0.2) is 5.82 Å². The number of amides is 1. The molecule has 154 valence electrons. The van der Waals surface area contributed by atoms with Gasteiger partial charge in [-0.3, -0.25) is 4.79 Å². The minimum atomic E-state index is 0. The zero-order valence-corrected chi connectivity index (χ0v) is 17.5. The smallest absolute Gasteiger partial charge is 0.229 e. The van der Waals surface area contributed by atoms with E-state index in [1.165, 1.54) is 32.1 Å². The van der Waals surface area contributed by atoms with Crippen LogP contribution in [0.1, 0.15) is 88.8 Å². The molecule has 2 aliphatic rings. The van der Waals surface area contributed by atoms with Crippen LogP contribution in [-0.2, 0) is 11.2 Å². The molecule has 0 saturated heterocycles. The molecule has 1 unspecified atom stereocenters. The van der Waals surface area contributed by atoms with Crippen LogP contribution in [0.4, 0.5) is 0 Å². The molecule has 0 spiro atoms. The van der Waals surface area contributed by atoms with Gasteiger partial charge in [0.05, 0.1) is 0 Å². The van der Waals surface area contributed by atoms with Crippen molar-refractivity contribution < 1.29 is 9.32 Å². The van der Waals surface area contributed by atoms with E-state index in [0.717, 1.165) is 50.2 Å². The predicted molar refractivity (Wildman–Crippen MR) is 108 cm³/mol. The number of halogens is 1. The average molecular weight is 399 g/mol. The maximum Gasteiger partial charge on any atom is 0.229 e. The summed E-state index contributed by atoms with van der Waals surface area (Å²) in [6.07, 6.45) is 11.9. The number of rotatable bonds is 7. The predicted octanol–water partition coefficient (Wildman–Crippen LogP) is 3.75. The molecular formula is C20H35ClN4O2. The normalized spacial score (nSPS) is 24.8. The maximum atomic E-state index is 12.3. The molecule has 2 aliphatic carbocycles. The van der Waals surface area contributed by atoms with Crippen molar-refractivity contribution in [3.05, 3.63) is 11.7 Å². The molecule has 1 heterocycles. The van der Waals surface area contributed by atoms with E-state index >= 15 is 0 Å². The first-order chi connectivity index (χ1) is 12.6. The van der Waals surface area contributed by atoms with Gasteiger partial charge in [-0.1, -0.05) is 24.4 Å². The fraction of sp³-hybridized carbons (Fsp3) is 0.850. The van der Waals surface area contributed by atoms with Crippen LogP contribution in [0.25, 0.3) is 0 Å². The Kier molecular flexibility index (Phi) is 9.03. The first-order valence-electron chi connectivity index (χ1n) is 10.4. The van der Waals surface area contributed by atoms with E-state index in [1.807, 2.05) is 7.05 Å². The Balaban J connectivity index is 0.00000261. The third kappa shape index (κ3) is 6.75. The third-order valence-electron chi connectivity index (χ3n) is 6.11. The van der Waals surface area contributed by atoms with Gasteiger partial charge in [-0.25, -0.2) is 0 Å². The Morgan fingerprint density at radius 2 is 1.85 bits per heavy atom. The second-order valence-electron chi connectivity index (χ2n) is 8.27. The Hall–Kier alpha value is -1.14. The summed E-state index contributed by atoms with van der Waals surface area (Å²) in [5, 5.41) is 10.6. The summed E-state index contributed by atoms with van der Waals surface area (Å²) in [5.41, 5.74) is 0. The van der Waals surface area contributed by atoms with Gasteiger partial charge in [-0.15, -0.1) is 12.4 Å². The van der Waals surface area contributed by atoms with Gasteiger partial charge in [0.25, 0.3) is 0 Å². The van der Waals surface area contributed by atoms with Crippen molar-refractivity contribution in [3.63, 3.8) is 0 Å². The number of carbonyl (C=O) groups excluding carboxylic acids is 1. The fourth-order valence-corrected chi connectivity index (χ4v) is 4.32. The zero-order valence-electron chi connectivity index (χ0n) is 16.7. The summed E-state index contributed by atoms with van der Waals surface area (Å²) in [6.45, 7) is 2.11. The molecule has 1 atom stereocenters. The molecule has 7 heteroatoms. The molecule has 1 aromatic rings. The highest BCUT2D eigenvalue weighted by Gasteiger charge is 2.28. The van der Waals surface area contributed by atoms with Crippen molar-refractivity contribution in [3.8, 4) is 0 Å². The van der Waals surface area contributed by atoms with E-state index in [9.17, 15) is 4.79 Å². The third-order valence-corrected chi connectivity index (χ3v) is 6.11. The van der Waals surface area contributed by atoms with Gasteiger partial charge in [-0.05, 0) is 58.4 Å². The number of likely N-dealkylation sites (N-methyl/N-ethyl adjacent to an activating group) is 1. The summed E-state index contributed by atoms with van der Waals surface area (Å²) in [6, 6.07) is 0.657. The van der Waals surface area contributed by atoms with Crippen molar-refractivity contribution in [2.75, 3.05) is 7.05 Å². The van der Waals surface area contributed by atoms with Crippen molar-refractivity contribution in [2.45, 2.75) is 95.6 Å². The van der Waals surface area contributed by atoms with Crippen LogP contribution in [0, 0.1) is 5.92 Å². The molecule has 2 fully saturated rings. The van der Waals surface area contributed by atoms with E-state index < -0.39 is 0 Å². The molecular weight excluding hydrogens is 364 g/mol. The van der Waals surface area contributed by atoms with E-state index in [1.54, 1.807) is 0 Å². The van der Waals surface area contributed by atoms with Crippen molar-refractivity contribution >= 4 is 18.3 Å². The van der Waals surface area contributed by atoms with Crippen molar-refractivity contribution in [2.24, 2.45) is 5.92 Å². The Bertz CT molecular complexity index is 566. The van der Waals surface area contributed by atoms with Crippen LogP contribution in [0.2, 0.25) is 0 Å². The van der Waals surface area contributed by atoms with E-state index in [0.29, 0.717) is 23.9 Å². The summed E-state index contributed by atoms with van der Waals surface area (Å²) in [4.78, 5) is 16.9. The number of hydrogen-bond donors (Lipinski definition) is 2. The van der Waals surface area contributed by atoms with E-state index in [2.05, 4.69) is 27.7 Å². The second-order valence-corrected chi connectivity index (χ2v) is 8.27. The molecule has 0 radical (unpaired) electrons. The lowest BCUT2D eigenvalue weighted by molar-refractivity contribution is -0.123. The molecule has 27 heavy (non-hydrogen) atoms. The van der Waals surface area contributed by atoms with Crippen molar-refractivity contribution in [1.82, 2.24) is 20.8 Å². The molecule has 0 aliphatic heterocycles. The SMILES string of the molecule is CNC(C)Cc1noc(C2CCC(NC(=O)CC3CCCCC3)CC2)n1.Cl. The van der Waals surface area contributed by atoms with E-state index in [4.69, 9.17) is 4.52 Å². The number of hydrogen-bond acceptors (Lipinski definition) is 5. The quantitative estimate of drug-likeness (QED) is 0.731. The maximum absolute atomic E-state index is 12.3. The van der Waals surface area contributed by atoms with E-state index in [-0.39, 0.29) is 18.3 Å². The first-order valence-corrected chi connectivity index (χ1v) is 10.4. The standard InChI is InChI=1S/C20H34N4O2.ClH/c1-14(21-2)12-18-23-20(26-24-18)16-8-10-17(11-9-16)22-19(25)13-15-6-4-3-5-7-15;/h14-17,21H,3-13H2,1-2H3,(H,22,25);1H. The monoisotopic (exact) mass is 398 g/mol. The lowest BCUT2D eigenvalue weighted by Gasteiger charge is -2.28. The summed E-state index contributed by atoms with van der Waals surface area (Å²) in [7, 11) is 1.94. The molecule has 2 N–H and O–H groups in total. The van der Waals surface area contributed by atoms with Gasteiger partial charge >= 0.3 is 0 Å². The van der Waals surface area contributed by atoms with Gasteiger partial charge in [0.1, 0.15) is 0 Å². The lowest BCUT2D eigenvalue weighted by Crippen LogP contribution is -2.38. The lowest BCUT2D eigenvalue weighted by atomic mass is 9.85. The number of aromatic nitrogens is 2. The summed E-state index contributed by atoms with van der Waals surface area (Å²) in [5.74, 6) is 2.76. The van der Waals surface area contributed by atoms with Crippen LogP contribution in [0.15, 0.2) is 4.52 Å². The molecule has 1 aromatic heterocycles. The fourth-order valence-electron chi connectivity index (χ4n) is 4.32. The Morgan fingerprint density at radius 1 is 1.15 bits per heavy atom. The highest BCUT2D eigenvalue weighted by atomic mass is 35.5. The van der Waals surface area contributed by atoms with Crippen molar-refractivity contribution in [1.29, 1.82) is 0 Å². The first kappa shape index (κ1) is 22.2. The van der Waals surface area contributed by atoms with Crippen LogP contribution >= 0.6 is 12.4 Å². The molecule has 0 bridgehead atoms. The topological polar surface area (TPSA) is 80.0 Å². The van der Waals surface area contributed by atoms with Crippen LogP contribution in [0.3, 0.4) is 0 Å². The average Bonchev–Trinajstić information content (AvgIpc) is 3.11. The van der Waals surface area contributed by atoms with Crippen LogP contribution in [-0.4, -0.2) is 35.2 Å². The number of carbonyl (C=O) groups is 1. The van der Waals surface area contributed by atoms with Crippen LogP contribution in [0.5, 0.6) is 0 Å². The molecule has 1 amide bonds. The molecule has 0 aromatic carbocycles. The largest absolute Gasteiger partial charge is 0.353 e. The summed E-state index contributed by atoms with van der Waals surface area (Å²) < 4.78 is 5.49. The zero-order chi connectivity index (χ0) is 18.4. The Morgan fingerprint density at radius 3 is 2.52 bits per heavy atom. The molecule has 6 nitrogen and oxygen atoms in total. The second kappa shape index (κ2) is 11.0. The number of nitrogens with one attached hydrogen (secondary N) is 2. The number of nitrogens with zero attached hydrogens (tertiary/aromatic N) is 2. The van der Waals surface area contributed by atoms with Crippen LogP contribution < -0.4 is 10.6 Å². The minimum Gasteiger partial charge on any atom is -0.353 e. The van der Waals surface area contributed by atoms with Gasteiger partial charge in [0, 0.05) is 30.8 Å². The minimum absolute atomic E-state index is 0. The summed E-state index contributed by atoms with van der Waals surface area (Å²) >= 11 is 0. The molecule has 3 rings (SSSR count). The highest BCUT2D eigenvalue weighted by molar-refractivity contribution is 5.85. The van der Waals surface area contributed by atoms with Gasteiger partial charge in [-0.2, -0.15) is 4.98 Å². The highest BCUT2D eigenvalue weighted by Crippen LogP contribution is 2.32. The van der Waals surface area contributed by atoms with Gasteiger partial charge in [0.2, 0.25) is 11.8 Å². The van der Waals surface area contributed by atoms with Gasteiger partial charge < -0.3 is 15.2 Å². The molecule has 2 saturated carbocycles. The Labute approximate surface area is 169 Å².